The minimum Gasteiger partial charge on any atom is -0.481 e. The van der Waals surface area contributed by atoms with Gasteiger partial charge in [-0.25, -0.2) is 14.0 Å². The van der Waals surface area contributed by atoms with E-state index in [1.807, 2.05) is 17.5 Å². The van der Waals surface area contributed by atoms with E-state index >= 15 is 0 Å². The number of anilines is 1. The van der Waals surface area contributed by atoms with Gasteiger partial charge in [-0.15, -0.1) is 11.3 Å². The summed E-state index contributed by atoms with van der Waals surface area (Å²) in [6.07, 6.45) is 5.70. The molecular formula is C15H22N4O3S2. The molecule has 0 amide bonds. The molecule has 0 aromatic carbocycles. The Morgan fingerprint density at radius 1 is 1.50 bits per heavy atom. The smallest absolute Gasteiger partial charge is 0.303 e. The van der Waals surface area contributed by atoms with Gasteiger partial charge in [0.2, 0.25) is 0 Å². The molecule has 2 aliphatic rings. The summed E-state index contributed by atoms with van der Waals surface area (Å²) in [5, 5.41) is 9.89. The number of hydrogen-bond acceptors (Lipinski definition) is 8. The van der Waals surface area contributed by atoms with Crippen LogP contribution in [0.4, 0.5) is 5.13 Å². The monoisotopic (exact) mass is 370 g/mol. The number of carboxylic acids is 1. The number of carbonyl (C=O) groups excluding carboxylic acids is 1. The van der Waals surface area contributed by atoms with E-state index in [0.29, 0.717) is 0 Å². The zero-order chi connectivity index (χ0) is 17.1. The summed E-state index contributed by atoms with van der Waals surface area (Å²) in [5.74, 6) is -0.431. The number of hydrogen-bond donors (Lipinski definition) is 2. The fourth-order valence-corrected chi connectivity index (χ4v) is 5.02. The van der Waals surface area contributed by atoms with Crippen molar-refractivity contribution in [1.29, 1.82) is 0 Å². The molecule has 132 valence electrons. The van der Waals surface area contributed by atoms with E-state index < -0.39 is 5.97 Å². The highest BCUT2D eigenvalue weighted by atomic mass is 32.2. The molecule has 1 aromatic heterocycles. The van der Waals surface area contributed by atoms with Gasteiger partial charge in [0, 0.05) is 42.7 Å². The zero-order valence-corrected chi connectivity index (χ0v) is 15.2. The first-order valence-corrected chi connectivity index (χ1v) is 9.69. The van der Waals surface area contributed by atoms with Gasteiger partial charge in [-0.05, 0) is 32.2 Å². The lowest BCUT2D eigenvalue weighted by molar-refractivity contribution is -0.138. The van der Waals surface area contributed by atoms with Crippen molar-refractivity contribution in [3.63, 3.8) is 0 Å². The quantitative estimate of drug-likeness (QED) is 0.601. The topological polar surface area (TPSA) is 85.8 Å². The van der Waals surface area contributed by atoms with Crippen molar-refractivity contribution in [1.82, 2.24) is 14.0 Å². The molecule has 1 aromatic rings. The van der Waals surface area contributed by atoms with Gasteiger partial charge in [-0.1, -0.05) is 0 Å². The lowest BCUT2D eigenvalue weighted by Gasteiger charge is -2.33. The van der Waals surface area contributed by atoms with E-state index in [4.69, 9.17) is 5.11 Å². The molecule has 9 heteroatoms. The maximum atomic E-state index is 11.2. The molecule has 3 heterocycles. The molecule has 0 aliphatic carbocycles. The van der Waals surface area contributed by atoms with E-state index in [0.717, 1.165) is 48.6 Å². The number of carboxylic acid groups (broad SMARTS) is 1. The Morgan fingerprint density at radius 3 is 2.92 bits per heavy atom. The molecule has 2 fully saturated rings. The maximum absolute atomic E-state index is 11.2. The third-order valence-electron chi connectivity index (χ3n) is 4.64. The minimum atomic E-state index is -0.708. The van der Waals surface area contributed by atoms with Gasteiger partial charge in [0.05, 0.1) is 12.1 Å². The first kappa shape index (κ1) is 17.7. The van der Waals surface area contributed by atoms with Gasteiger partial charge >= 0.3 is 5.97 Å². The van der Waals surface area contributed by atoms with Crippen molar-refractivity contribution in [3.8, 4) is 0 Å². The van der Waals surface area contributed by atoms with Crippen LogP contribution in [0.15, 0.2) is 6.20 Å². The van der Waals surface area contributed by atoms with Crippen LogP contribution >= 0.6 is 23.5 Å². The van der Waals surface area contributed by atoms with Crippen LogP contribution in [0.3, 0.4) is 0 Å². The van der Waals surface area contributed by atoms with Gasteiger partial charge in [-0.2, -0.15) is 0 Å². The SMILES string of the molecule is CN1SNC(c2cnc(N3CCC(CC(=O)O)CC3)s2)CC1C=O. The molecule has 2 unspecified atom stereocenters. The van der Waals surface area contributed by atoms with Crippen LogP contribution in [-0.4, -0.2) is 52.8 Å². The molecule has 7 nitrogen and oxygen atoms in total. The van der Waals surface area contributed by atoms with Crippen molar-refractivity contribution in [2.75, 3.05) is 25.0 Å². The second-order valence-electron chi connectivity index (χ2n) is 6.32. The zero-order valence-electron chi connectivity index (χ0n) is 13.6. The summed E-state index contributed by atoms with van der Waals surface area (Å²) in [6.45, 7) is 1.72. The summed E-state index contributed by atoms with van der Waals surface area (Å²) < 4.78 is 5.29. The third-order valence-corrected chi connectivity index (χ3v) is 6.76. The summed E-state index contributed by atoms with van der Waals surface area (Å²) in [6, 6.07) is 0.0516. The lowest BCUT2D eigenvalue weighted by Crippen LogP contribution is -2.39. The third kappa shape index (κ3) is 4.08. The average molecular weight is 371 g/mol. The van der Waals surface area contributed by atoms with Crippen LogP contribution < -0.4 is 9.62 Å². The summed E-state index contributed by atoms with van der Waals surface area (Å²) in [7, 11) is 1.91. The Hall–Kier alpha value is -1.16. The number of piperidine rings is 1. The number of rotatable bonds is 5. The van der Waals surface area contributed by atoms with Crippen molar-refractivity contribution in [2.24, 2.45) is 5.92 Å². The number of carbonyl (C=O) groups is 2. The first-order chi connectivity index (χ1) is 11.6. The van der Waals surface area contributed by atoms with Gasteiger partial charge < -0.3 is 14.8 Å². The number of aliphatic carboxylic acids is 1. The standard InChI is InChI=1S/C15H22N4O3S2/c1-18-11(9-20)7-12(17-24-18)13-8-16-15(23-13)19-4-2-10(3-5-19)6-14(21)22/h8-12,17H,2-7H2,1H3,(H,21,22). The molecule has 24 heavy (non-hydrogen) atoms. The highest BCUT2D eigenvalue weighted by molar-refractivity contribution is 7.95. The summed E-state index contributed by atoms with van der Waals surface area (Å²) in [5.41, 5.74) is 0. The van der Waals surface area contributed by atoms with E-state index in [9.17, 15) is 9.59 Å². The molecule has 2 aliphatic heterocycles. The number of nitrogens with one attached hydrogen (secondary N) is 1. The van der Waals surface area contributed by atoms with E-state index in [-0.39, 0.29) is 24.4 Å². The molecule has 0 saturated carbocycles. The second kappa shape index (κ2) is 7.81. The molecule has 2 saturated heterocycles. The van der Waals surface area contributed by atoms with Crippen molar-refractivity contribution < 1.29 is 14.7 Å². The highest BCUT2D eigenvalue weighted by Crippen LogP contribution is 2.36. The van der Waals surface area contributed by atoms with Crippen LogP contribution in [0.2, 0.25) is 0 Å². The Balaban J connectivity index is 1.58. The van der Waals surface area contributed by atoms with Crippen LogP contribution in [0.25, 0.3) is 0 Å². The number of likely N-dealkylation sites (N-methyl/N-ethyl adjacent to an activating group) is 1. The molecular weight excluding hydrogens is 348 g/mol. The molecule has 0 bridgehead atoms. The van der Waals surface area contributed by atoms with Gasteiger partial charge in [0.15, 0.2) is 5.13 Å². The maximum Gasteiger partial charge on any atom is 0.303 e. The highest BCUT2D eigenvalue weighted by Gasteiger charge is 2.29. The fourth-order valence-electron chi connectivity index (χ4n) is 3.13. The van der Waals surface area contributed by atoms with E-state index in [1.54, 1.807) is 11.3 Å². The predicted octanol–water partition coefficient (Wildman–Crippen LogP) is 1.93. The molecule has 0 radical (unpaired) electrons. The van der Waals surface area contributed by atoms with Crippen LogP contribution in [-0.2, 0) is 9.59 Å². The molecule has 0 spiro atoms. The number of nitrogens with zero attached hydrogens (tertiary/aromatic N) is 3. The van der Waals surface area contributed by atoms with Gasteiger partial charge in [-0.3, -0.25) is 4.79 Å². The average Bonchev–Trinajstić information content (AvgIpc) is 3.05. The van der Waals surface area contributed by atoms with E-state index in [2.05, 4.69) is 14.6 Å². The summed E-state index contributed by atoms with van der Waals surface area (Å²) in [4.78, 5) is 29.9. The Labute approximate surface area is 149 Å². The molecule has 2 N–H and O–H groups in total. The summed E-state index contributed by atoms with van der Waals surface area (Å²) >= 11 is 3.13. The Bertz CT molecular complexity index is 589. The molecule has 2 atom stereocenters. The first-order valence-electron chi connectivity index (χ1n) is 8.10. The predicted molar refractivity (Wildman–Crippen MR) is 95.0 cm³/mol. The normalized spacial score (nSPS) is 26.5. The lowest BCUT2D eigenvalue weighted by atomic mass is 9.94. The number of thiazole rings is 1. The van der Waals surface area contributed by atoms with Crippen molar-refractivity contribution in [3.05, 3.63) is 11.1 Å². The Morgan fingerprint density at radius 2 is 2.25 bits per heavy atom. The van der Waals surface area contributed by atoms with Crippen molar-refractivity contribution in [2.45, 2.75) is 37.8 Å². The van der Waals surface area contributed by atoms with Gasteiger partial charge in [0.1, 0.15) is 6.29 Å². The fraction of sp³-hybridized carbons (Fsp3) is 0.667. The largest absolute Gasteiger partial charge is 0.481 e. The minimum absolute atomic E-state index is 0.0847. The van der Waals surface area contributed by atoms with Crippen LogP contribution in [0.5, 0.6) is 0 Å². The molecule has 3 rings (SSSR count). The van der Waals surface area contributed by atoms with Crippen LogP contribution in [0.1, 0.15) is 36.6 Å². The van der Waals surface area contributed by atoms with E-state index in [1.165, 1.54) is 12.1 Å². The second-order valence-corrected chi connectivity index (χ2v) is 8.36. The van der Waals surface area contributed by atoms with Gasteiger partial charge in [0.25, 0.3) is 0 Å². The number of aromatic nitrogens is 1. The van der Waals surface area contributed by atoms with Crippen molar-refractivity contribution >= 4 is 40.9 Å². The Kier molecular flexibility index (Phi) is 5.75. The number of aldehydes is 1. The van der Waals surface area contributed by atoms with Crippen LogP contribution in [0, 0.1) is 5.92 Å².